The average Bonchev–Trinajstić information content (AvgIpc) is 3.11. The van der Waals surface area contributed by atoms with E-state index in [-0.39, 0.29) is 11.1 Å². The van der Waals surface area contributed by atoms with E-state index in [0.29, 0.717) is 0 Å². The molecule has 0 aliphatic carbocycles. The van der Waals surface area contributed by atoms with Crippen molar-refractivity contribution in [1.29, 1.82) is 0 Å². The van der Waals surface area contributed by atoms with Crippen molar-refractivity contribution in [3.8, 4) is 0 Å². The number of rotatable bonds is 1. The van der Waals surface area contributed by atoms with Gasteiger partial charge in [-0.1, -0.05) is 23.5 Å². The van der Waals surface area contributed by atoms with Crippen LogP contribution in [0.5, 0.6) is 0 Å². The van der Waals surface area contributed by atoms with Crippen LogP contribution in [0.1, 0.15) is 37.7 Å². The highest BCUT2D eigenvalue weighted by atomic mass is 32.1. The zero-order chi connectivity index (χ0) is 17.9. The Morgan fingerprint density at radius 3 is 2.56 bits per heavy atom. The first-order valence-corrected chi connectivity index (χ1v) is 9.20. The molecule has 128 valence electrons. The molecule has 4 aromatic rings. The predicted molar refractivity (Wildman–Crippen MR) is 105 cm³/mol. The molecule has 0 N–H and O–H groups in total. The van der Waals surface area contributed by atoms with Crippen LogP contribution in [0.4, 0.5) is 0 Å². The van der Waals surface area contributed by atoms with E-state index in [1.165, 1.54) is 22.7 Å². The third kappa shape index (κ3) is 2.42. The van der Waals surface area contributed by atoms with Crippen molar-refractivity contribution >= 4 is 33.4 Å². The number of benzene rings is 1. The van der Waals surface area contributed by atoms with E-state index in [1.54, 1.807) is 4.40 Å². The summed E-state index contributed by atoms with van der Waals surface area (Å²) in [4.78, 5) is 18.2. The maximum absolute atomic E-state index is 12.9. The summed E-state index contributed by atoms with van der Waals surface area (Å²) < 4.78 is 4.76. The van der Waals surface area contributed by atoms with Crippen molar-refractivity contribution in [2.45, 2.75) is 40.2 Å². The Balaban J connectivity index is 1.97. The first-order chi connectivity index (χ1) is 11.8. The summed E-state index contributed by atoms with van der Waals surface area (Å²) in [6.45, 7) is 10.8. The molecule has 1 aromatic carbocycles. The van der Waals surface area contributed by atoms with Crippen LogP contribution < -0.4 is 10.1 Å². The van der Waals surface area contributed by atoms with E-state index >= 15 is 0 Å². The lowest BCUT2D eigenvalue weighted by molar-refractivity contribution is 0.383. The van der Waals surface area contributed by atoms with Crippen LogP contribution in [0.25, 0.3) is 22.1 Å². The van der Waals surface area contributed by atoms with Crippen LogP contribution in [0, 0.1) is 13.8 Å². The van der Waals surface area contributed by atoms with Gasteiger partial charge in [-0.2, -0.15) is 0 Å². The molecular weight excluding hydrogens is 330 g/mol. The molecule has 0 bridgehead atoms. The lowest BCUT2D eigenvalue weighted by Crippen LogP contribution is -2.24. The lowest BCUT2D eigenvalue weighted by atomic mass is 10.1. The minimum absolute atomic E-state index is 0.00858. The van der Waals surface area contributed by atoms with Gasteiger partial charge >= 0.3 is 0 Å². The van der Waals surface area contributed by atoms with E-state index < -0.39 is 0 Å². The Morgan fingerprint density at radius 2 is 1.88 bits per heavy atom. The van der Waals surface area contributed by atoms with E-state index in [0.717, 1.165) is 26.1 Å². The fraction of sp³-hybridized carbons (Fsp3) is 0.300. The molecule has 4 nitrogen and oxygen atoms in total. The number of hydrogen-bond acceptors (Lipinski definition) is 3. The van der Waals surface area contributed by atoms with Crippen molar-refractivity contribution in [2.75, 3.05) is 0 Å². The number of thiazole rings is 1. The fourth-order valence-electron chi connectivity index (χ4n) is 3.72. The van der Waals surface area contributed by atoms with Gasteiger partial charge in [0.2, 0.25) is 0 Å². The second-order valence-corrected chi connectivity index (χ2v) is 8.48. The molecule has 0 radical (unpaired) electrons. The van der Waals surface area contributed by atoms with Crippen molar-refractivity contribution < 1.29 is 0 Å². The summed E-state index contributed by atoms with van der Waals surface area (Å²) in [5, 5.41) is 0. The number of aromatic nitrogens is 3. The SMILES string of the molecule is Cc1cc(/C=c2\sc3nc4ccccc4n3c2=O)c(C)n1C(C)(C)C. The summed E-state index contributed by atoms with van der Waals surface area (Å²) in [7, 11) is 0. The first-order valence-electron chi connectivity index (χ1n) is 8.38. The molecular formula is C20H21N3OS. The molecule has 0 saturated heterocycles. The van der Waals surface area contributed by atoms with Crippen LogP contribution >= 0.6 is 11.3 Å². The molecule has 4 rings (SSSR count). The molecule has 3 heterocycles. The lowest BCUT2D eigenvalue weighted by Gasteiger charge is -2.25. The molecule has 0 unspecified atom stereocenters. The second-order valence-electron chi connectivity index (χ2n) is 7.47. The summed E-state index contributed by atoms with van der Waals surface area (Å²) in [6.07, 6.45) is 2.00. The van der Waals surface area contributed by atoms with Crippen molar-refractivity contribution in [3.05, 3.63) is 62.2 Å². The maximum atomic E-state index is 12.9. The monoisotopic (exact) mass is 351 g/mol. The molecule has 3 aromatic heterocycles. The number of aryl methyl sites for hydroxylation is 1. The van der Waals surface area contributed by atoms with E-state index in [1.807, 2.05) is 30.3 Å². The van der Waals surface area contributed by atoms with E-state index in [4.69, 9.17) is 0 Å². The normalized spacial score (nSPS) is 13.4. The van der Waals surface area contributed by atoms with Gasteiger partial charge in [-0.3, -0.25) is 4.79 Å². The maximum Gasteiger partial charge on any atom is 0.274 e. The predicted octanol–water partition coefficient (Wildman–Crippen LogP) is 3.63. The largest absolute Gasteiger partial charge is 0.343 e. The Hall–Kier alpha value is -2.40. The van der Waals surface area contributed by atoms with Gasteiger partial charge in [0.05, 0.1) is 15.6 Å². The number of para-hydroxylation sites is 2. The van der Waals surface area contributed by atoms with Gasteiger partial charge in [0.15, 0.2) is 4.96 Å². The van der Waals surface area contributed by atoms with E-state index in [9.17, 15) is 4.79 Å². The summed E-state index contributed by atoms with van der Waals surface area (Å²) >= 11 is 1.45. The summed E-state index contributed by atoms with van der Waals surface area (Å²) in [5.74, 6) is 0. The zero-order valence-corrected chi connectivity index (χ0v) is 15.9. The average molecular weight is 351 g/mol. The number of imidazole rings is 1. The van der Waals surface area contributed by atoms with Crippen LogP contribution in [0.3, 0.4) is 0 Å². The van der Waals surface area contributed by atoms with Gasteiger partial charge in [-0.05, 0) is 64.5 Å². The standard InChI is InChI=1S/C20H21N3OS/c1-12-10-14(13(2)23(12)20(3,4)5)11-17-18(24)22-16-9-7-6-8-15(16)21-19(22)25-17/h6-11H,1-5H3/b17-11-. The summed E-state index contributed by atoms with van der Waals surface area (Å²) in [6, 6.07) is 9.92. The van der Waals surface area contributed by atoms with Gasteiger partial charge in [-0.25, -0.2) is 9.38 Å². The Labute approximate surface area is 150 Å². The quantitative estimate of drug-likeness (QED) is 0.525. The molecule has 0 saturated carbocycles. The van der Waals surface area contributed by atoms with Gasteiger partial charge in [0.1, 0.15) is 0 Å². The molecule has 0 atom stereocenters. The highest BCUT2D eigenvalue weighted by Crippen LogP contribution is 2.25. The molecule has 5 heteroatoms. The Morgan fingerprint density at radius 1 is 1.16 bits per heavy atom. The topological polar surface area (TPSA) is 39.3 Å². The Kier molecular flexibility index (Phi) is 3.41. The third-order valence-corrected chi connectivity index (χ3v) is 5.54. The van der Waals surface area contributed by atoms with Crippen LogP contribution in [-0.2, 0) is 5.54 Å². The molecule has 25 heavy (non-hydrogen) atoms. The van der Waals surface area contributed by atoms with Gasteiger partial charge in [-0.15, -0.1) is 0 Å². The highest BCUT2D eigenvalue weighted by Gasteiger charge is 2.19. The number of nitrogens with zero attached hydrogens (tertiary/aromatic N) is 3. The summed E-state index contributed by atoms with van der Waals surface area (Å²) in [5.41, 5.74) is 5.24. The number of fused-ring (bicyclic) bond motifs is 3. The number of hydrogen-bond donors (Lipinski definition) is 0. The molecule has 0 aliphatic rings. The molecule has 0 amide bonds. The molecule has 0 aliphatic heterocycles. The van der Waals surface area contributed by atoms with Crippen molar-refractivity contribution in [1.82, 2.24) is 14.0 Å². The van der Waals surface area contributed by atoms with Crippen LogP contribution in [0.2, 0.25) is 0 Å². The zero-order valence-electron chi connectivity index (χ0n) is 15.1. The third-order valence-electron chi connectivity index (χ3n) is 4.57. The molecule has 0 spiro atoms. The fourth-order valence-corrected chi connectivity index (χ4v) is 4.70. The first kappa shape index (κ1) is 16.1. The van der Waals surface area contributed by atoms with Crippen molar-refractivity contribution in [2.24, 2.45) is 0 Å². The smallest absolute Gasteiger partial charge is 0.274 e. The molecule has 0 fully saturated rings. The van der Waals surface area contributed by atoms with Crippen LogP contribution in [0.15, 0.2) is 35.1 Å². The minimum atomic E-state index is 0.00858. The second kappa shape index (κ2) is 5.30. The minimum Gasteiger partial charge on any atom is -0.343 e. The van der Waals surface area contributed by atoms with E-state index in [2.05, 4.69) is 50.2 Å². The highest BCUT2D eigenvalue weighted by molar-refractivity contribution is 7.15. The van der Waals surface area contributed by atoms with Crippen LogP contribution in [-0.4, -0.2) is 14.0 Å². The van der Waals surface area contributed by atoms with Gasteiger partial charge < -0.3 is 4.57 Å². The Bertz CT molecular complexity index is 1220. The van der Waals surface area contributed by atoms with Crippen molar-refractivity contribution in [3.63, 3.8) is 0 Å². The van der Waals surface area contributed by atoms with Gasteiger partial charge in [0, 0.05) is 16.9 Å². The van der Waals surface area contributed by atoms with Gasteiger partial charge in [0.25, 0.3) is 5.56 Å².